The molecular formula is C14H11F5N2O. The first kappa shape index (κ1) is 14.8. The largest absolute Gasteiger partial charge is 0.416 e. The van der Waals surface area contributed by atoms with Gasteiger partial charge in [0, 0.05) is 6.20 Å². The Morgan fingerprint density at radius 1 is 1.32 bits per heavy atom. The molecule has 1 aromatic rings. The Labute approximate surface area is 122 Å². The second kappa shape index (κ2) is 4.44. The Morgan fingerprint density at radius 3 is 2.45 bits per heavy atom. The van der Waals surface area contributed by atoms with E-state index in [1.165, 1.54) is 0 Å². The van der Waals surface area contributed by atoms with Gasteiger partial charge in [-0.05, 0) is 30.9 Å². The predicted octanol–water partition coefficient (Wildman–Crippen LogP) is 3.81. The molecule has 1 fully saturated rings. The predicted molar refractivity (Wildman–Crippen MR) is 68.0 cm³/mol. The summed E-state index contributed by atoms with van der Waals surface area (Å²) in [5.41, 5.74) is -4.14. The number of hydrogen-bond donors (Lipinski definition) is 1. The smallest absolute Gasteiger partial charge is 0.319 e. The fraction of sp³-hybridized carbons (Fsp3) is 0.357. The lowest BCUT2D eigenvalue weighted by Gasteiger charge is -2.44. The number of carbonyl (C=O) groups is 1. The van der Waals surface area contributed by atoms with E-state index < -0.39 is 40.9 Å². The first-order valence-corrected chi connectivity index (χ1v) is 6.53. The highest BCUT2D eigenvalue weighted by Gasteiger charge is 2.68. The van der Waals surface area contributed by atoms with Gasteiger partial charge in [-0.15, -0.1) is 0 Å². The van der Waals surface area contributed by atoms with E-state index in [0.29, 0.717) is 6.07 Å². The molecule has 22 heavy (non-hydrogen) atoms. The Hall–Kier alpha value is -2.12. The molecule has 0 radical (unpaired) electrons. The molecule has 1 atom stereocenters. The maximum absolute atomic E-state index is 14.2. The van der Waals surface area contributed by atoms with Crippen molar-refractivity contribution in [1.29, 1.82) is 0 Å². The number of anilines is 1. The Balaban J connectivity index is 2.37. The van der Waals surface area contributed by atoms with E-state index >= 15 is 0 Å². The summed E-state index contributed by atoms with van der Waals surface area (Å²) < 4.78 is 69.0. The van der Waals surface area contributed by atoms with Gasteiger partial charge in [-0.3, -0.25) is 4.90 Å². The van der Waals surface area contributed by atoms with Crippen LogP contribution < -0.4 is 10.2 Å². The summed E-state index contributed by atoms with van der Waals surface area (Å²) in [5, 5.41) is 1.84. The molecule has 8 heteroatoms. The van der Waals surface area contributed by atoms with Crippen molar-refractivity contribution in [3.63, 3.8) is 0 Å². The zero-order valence-electron chi connectivity index (χ0n) is 11.2. The summed E-state index contributed by atoms with van der Waals surface area (Å²) in [6.45, 7) is 3.32. The molecule has 2 amide bonds. The zero-order valence-corrected chi connectivity index (χ0v) is 11.2. The molecular weight excluding hydrogens is 307 g/mol. The average Bonchev–Trinajstić information content (AvgIpc) is 3.25. The van der Waals surface area contributed by atoms with Gasteiger partial charge in [0.15, 0.2) is 17.2 Å². The third-order valence-corrected chi connectivity index (χ3v) is 4.07. The molecule has 0 saturated heterocycles. The van der Waals surface area contributed by atoms with Crippen molar-refractivity contribution in [2.75, 3.05) is 4.90 Å². The van der Waals surface area contributed by atoms with Crippen LogP contribution in [0.3, 0.4) is 0 Å². The summed E-state index contributed by atoms with van der Waals surface area (Å²) in [5.74, 6) is -4.01. The van der Waals surface area contributed by atoms with E-state index in [-0.39, 0.29) is 18.5 Å². The van der Waals surface area contributed by atoms with Gasteiger partial charge >= 0.3 is 12.2 Å². The van der Waals surface area contributed by atoms with E-state index in [0.717, 1.165) is 17.2 Å². The molecule has 118 valence electrons. The molecule has 1 N–H and O–H groups in total. The fourth-order valence-electron chi connectivity index (χ4n) is 2.96. The number of nitrogens with one attached hydrogen (secondary N) is 1. The minimum atomic E-state index is -4.96. The van der Waals surface area contributed by atoms with Crippen molar-refractivity contribution < 1.29 is 26.7 Å². The number of benzene rings is 1. The standard InChI is InChI=1S/C14H11F5N2O/c1-2-21-9-6-5-8(15)11(16)10(9)13(7-3-4-7,14(17,18)19)20-12(21)22/h2,5-7H,1,3-4H2,(H,20,22). The van der Waals surface area contributed by atoms with Crippen molar-refractivity contribution in [2.24, 2.45) is 5.92 Å². The molecule has 0 bridgehead atoms. The van der Waals surface area contributed by atoms with Crippen LogP contribution in [0.1, 0.15) is 18.4 Å². The maximum atomic E-state index is 14.2. The number of urea groups is 1. The molecule has 0 spiro atoms. The number of fused-ring (bicyclic) bond motifs is 1. The van der Waals surface area contributed by atoms with E-state index in [2.05, 4.69) is 6.58 Å². The Kier molecular flexibility index (Phi) is 2.99. The van der Waals surface area contributed by atoms with E-state index in [1.807, 2.05) is 5.32 Å². The Bertz CT molecular complexity index is 668. The highest BCUT2D eigenvalue weighted by molar-refractivity contribution is 5.98. The highest BCUT2D eigenvalue weighted by Crippen LogP contribution is 2.58. The first-order chi connectivity index (χ1) is 10.2. The zero-order chi connectivity index (χ0) is 16.3. The molecule has 3 nitrogen and oxygen atoms in total. The molecule has 1 aliphatic heterocycles. The number of halogens is 5. The molecule has 1 aromatic carbocycles. The van der Waals surface area contributed by atoms with Gasteiger partial charge in [0.25, 0.3) is 0 Å². The van der Waals surface area contributed by atoms with Gasteiger partial charge in [0.2, 0.25) is 0 Å². The summed E-state index contributed by atoms with van der Waals surface area (Å²) in [6, 6.07) is 0.576. The van der Waals surface area contributed by atoms with E-state index in [9.17, 15) is 26.7 Å². The second-order valence-electron chi connectivity index (χ2n) is 5.32. The summed E-state index contributed by atoms with van der Waals surface area (Å²) in [7, 11) is 0. The van der Waals surface area contributed by atoms with Crippen molar-refractivity contribution in [3.05, 3.63) is 42.1 Å². The first-order valence-electron chi connectivity index (χ1n) is 6.53. The van der Waals surface area contributed by atoms with Crippen LogP contribution in [0, 0.1) is 17.6 Å². The third kappa shape index (κ3) is 1.75. The van der Waals surface area contributed by atoms with Crippen LogP contribution in [-0.4, -0.2) is 12.2 Å². The van der Waals surface area contributed by atoms with Gasteiger partial charge in [-0.1, -0.05) is 6.58 Å². The van der Waals surface area contributed by atoms with Crippen molar-refractivity contribution in [2.45, 2.75) is 24.6 Å². The fourth-order valence-corrected chi connectivity index (χ4v) is 2.96. The van der Waals surface area contributed by atoms with Crippen LogP contribution in [0.15, 0.2) is 24.9 Å². The van der Waals surface area contributed by atoms with Gasteiger partial charge < -0.3 is 5.32 Å². The molecule has 1 aliphatic carbocycles. The van der Waals surface area contributed by atoms with Gasteiger partial charge in [0.05, 0.1) is 11.3 Å². The molecule has 1 unspecified atom stereocenters. The van der Waals surface area contributed by atoms with Crippen LogP contribution in [0.25, 0.3) is 0 Å². The number of carbonyl (C=O) groups excluding carboxylic acids is 1. The minimum absolute atomic E-state index is 0.170. The highest BCUT2D eigenvalue weighted by atomic mass is 19.4. The summed E-state index contributed by atoms with van der Waals surface area (Å²) >= 11 is 0. The van der Waals surface area contributed by atoms with Crippen LogP contribution >= 0.6 is 0 Å². The number of rotatable bonds is 2. The van der Waals surface area contributed by atoms with Gasteiger partial charge in [0.1, 0.15) is 0 Å². The lowest BCUT2D eigenvalue weighted by Crippen LogP contribution is -2.63. The number of hydrogen-bond acceptors (Lipinski definition) is 1. The SMILES string of the molecule is C=CN1C(=O)NC(C2CC2)(C(F)(F)F)c2c1ccc(F)c2F. The molecule has 3 rings (SSSR count). The van der Waals surface area contributed by atoms with Crippen LogP contribution in [0.5, 0.6) is 0 Å². The lowest BCUT2D eigenvalue weighted by molar-refractivity contribution is -0.205. The average molecular weight is 318 g/mol. The summed E-state index contributed by atoms with van der Waals surface area (Å²) in [4.78, 5) is 12.7. The van der Waals surface area contributed by atoms with Crippen molar-refractivity contribution >= 4 is 11.7 Å². The van der Waals surface area contributed by atoms with E-state index in [4.69, 9.17) is 0 Å². The topological polar surface area (TPSA) is 32.3 Å². The third-order valence-electron chi connectivity index (χ3n) is 4.07. The lowest BCUT2D eigenvalue weighted by atomic mass is 9.80. The maximum Gasteiger partial charge on any atom is 0.416 e. The number of amides is 2. The minimum Gasteiger partial charge on any atom is -0.319 e. The van der Waals surface area contributed by atoms with Crippen LogP contribution in [0.4, 0.5) is 32.4 Å². The number of nitrogens with zero attached hydrogens (tertiary/aromatic N) is 1. The summed E-state index contributed by atoms with van der Waals surface area (Å²) in [6.07, 6.45) is -3.66. The normalized spacial score (nSPS) is 24.8. The van der Waals surface area contributed by atoms with Gasteiger partial charge in [-0.2, -0.15) is 13.2 Å². The second-order valence-corrected chi connectivity index (χ2v) is 5.32. The molecule has 1 heterocycles. The monoisotopic (exact) mass is 318 g/mol. The van der Waals surface area contributed by atoms with Crippen LogP contribution in [-0.2, 0) is 5.54 Å². The van der Waals surface area contributed by atoms with Crippen molar-refractivity contribution in [3.8, 4) is 0 Å². The quantitative estimate of drug-likeness (QED) is 0.827. The molecule has 2 aliphatic rings. The number of alkyl halides is 3. The molecule has 0 aromatic heterocycles. The Morgan fingerprint density at radius 2 is 1.95 bits per heavy atom. The van der Waals surface area contributed by atoms with Crippen LogP contribution in [0.2, 0.25) is 0 Å². The molecule has 1 saturated carbocycles. The van der Waals surface area contributed by atoms with E-state index in [1.54, 1.807) is 0 Å². The van der Waals surface area contributed by atoms with Crippen molar-refractivity contribution in [1.82, 2.24) is 5.32 Å². The van der Waals surface area contributed by atoms with Gasteiger partial charge in [-0.25, -0.2) is 13.6 Å².